The van der Waals surface area contributed by atoms with E-state index in [1.54, 1.807) is 24.3 Å². The number of anilines is 1. The number of hydrogen-bond donors (Lipinski definition) is 0. The van der Waals surface area contributed by atoms with E-state index >= 15 is 0 Å². The number of imidazole rings is 1. The lowest BCUT2D eigenvalue weighted by Crippen LogP contribution is -2.37. The van der Waals surface area contributed by atoms with Crippen LogP contribution in [0.2, 0.25) is 0 Å². The maximum absolute atomic E-state index is 13.9. The second-order valence-corrected chi connectivity index (χ2v) is 8.64. The first kappa shape index (κ1) is 21.8. The molecule has 0 aliphatic carbocycles. The minimum atomic E-state index is -2.67. The van der Waals surface area contributed by atoms with Crippen molar-refractivity contribution in [2.75, 3.05) is 31.2 Å². The fraction of sp³-hybridized carbons (Fsp3) is 0.348. The van der Waals surface area contributed by atoms with Crippen LogP contribution >= 0.6 is 11.8 Å². The Kier molecular flexibility index (Phi) is 6.28. The number of nitrogens with zero attached hydrogens (tertiary/aromatic N) is 6. The Labute approximate surface area is 194 Å². The summed E-state index contributed by atoms with van der Waals surface area (Å²) < 4.78 is 36.2. The normalized spacial score (nSPS) is 14.5. The van der Waals surface area contributed by atoms with E-state index in [1.165, 1.54) is 17.3 Å². The van der Waals surface area contributed by atoms with Crippen LogP contribution in [0.25, 0.3) is 16.7 Å². The highest BCUT2D eigenvalue weighted by molar-refractivity contribution is 7.98. The molecule has 33 heavy (non-hydrogen) atoms. The molecule has 0 atom stereocenters. The van der Waals surface area contributed by atoms with Crippen LogP contribution < -0.4 is 4.90 Å². The molecule has 1 fully saturated rings. The van der Waals surface area contributed by atoms with Crippen LogP contribution in [0.15, 0.2) is 53.7 Å². The summed E-state index contributed by atoms with van der Waals surface area (Å²) in [6.45, 7) is 2.13. The molecule has 1 saturated heterocycles. The maximum atomic E-state index is 13.9. The second-order valence-electron chi connectivity index (χ2n) is 7.69. The lowest BCUT2D eigenvalue weighted by Gasteiger charge is -2.28. The van der Waals surface area contributed by atoms with Crippen LogP contribution in [0, 0.1) is 0 Å². The Morgan fingerprint density at radius 2 is 1.88 bits per heavy atom. The molecule has 0 unspecified atom stereocenters. The van der Waals surface area contributed by atoms with Crippen LogP contribution in [0.5, 0.6) is 0 Å². The monoisotopic (exact) mass is 470 g/mol. The number of thioether (sulfide) groups is 1. The number of benzene rings is 2. The molecule has 0 spiro atoms. The summed E-state index contributed by atoms with van der Waals surface area (Å²) in [5.41, 5.74) is 3.13. The van der Waals surface area contributed by atoms with Gasteiger partial charge in [0.15, 0.2) is 5.16 Å². The Morgan fingerprint density at radius 1 is 1.06 bits per heavy atom. The first-order valence-corrected chi connectivity index (χ1v) is 11.9. The van der Waals surface area contributed by atoms with Crippen LogP contribution in [0.3, 0.4) is 0 Å². The molecule has 5 rings (SSSR count). The number of morpholine rings is 1. The topological polar surface area (TPSA) is 61.0 Å². The molecule has 1 aliphatic heterocycles. The van der Waals surface area contributed by atoms with Gasteiger partial charge < -0.3 is 9.64 Å². The molecule has 2 aromatic heterocycles. The minimum Gasteiger partial charge on any atom is -0.378 e. The summed E-state index contributed by atoms with van der Waals surface area (Å²) in [4.78, 5) is 6.60. The van der Waals surface area contributed by atoms with E-state index in [0.29, 0.717) is 35.2 Å². The average molecular weight is 471 g/mol. The van der Waals surface area contributed by atoms with E-state index in [-0.39, 0.29) is 5.75 Å². The summed E-state index contributed by atoms with van der Waals surface area (Å²) >= 11 is 1.35. The van der Waals surface area contributed by atoms with Gasteiger partial charge in [0, 0.05) is 13.1 Å². The van der Waals surface area contributed by atoms with Crippen molar-refractivity contribution in [3.8, 4) is 5.69 Å². The highest BCUT2D eigenvalue weighted by atomic mass is 32.2. The fourth-order valence-electron chi connectivity index (χ4n) is 4.01. The van der Waals surface area contributed by atoms with E-state index in [4.69, 9.17) is 4.74 Å². The smallest absolute Gasteiger partial charge is 0.320 e. The maximum Gasteiger partial charge on any atom is 0.320 e. The number of para-hydroxylation sites is 2. The molecule has 0 amide bonds. The van der Waals surface area contributed by atoms with Crippen molar-refractivity contribution in [3.63, 3.8) is 0 Å². The molecule has 0 radical (unpaired) electrons. The third-order valence-electron chi connectivity index (χ3n) is 5.68. The van der Waals surface area contributed by atoms with Crippen molar-refractivity contribution in [3.05, 3.63) is 59.9 Å². The zero-order chi connectivity index (χ0) is 22.8. The molecule has 0 saturated carbocycles. The van der Waals surface area contributed by atoms with Gasteiger partial charge in [-0.05, 0) is 36.2 Å². The van der Waals surface area contributed by atoms with Gasteiger partial charge in [-0.2, -0.15) is 8.78 Å². The summed E-state index contributed by atoms with van der Waals surface area (Å²) in [6.07, 6.45) is 0.906. The van der Waals surface area contributed by atoms with Gasteiger partial charge in [-0.25, -0.2) is 4.98 Å². The van der Waals surface area contributed by atoms with Gasteiger partial charge >= 0.3 is 6.55 Å². The fourth-order valence-corrected chi connectivity index (χ4v) is 4.88. The Bertz CT molecular complexity index is 1250. The van der Waals surface area contributed by atoms with Crippen LogP contribution in [0.1, 0.15) is 24.9 Å². The lowest BCUT2D eigenvalue weighted by atomic mass is 10.1. The van der Waals surface area contributed by atoms with E-state index in [9.17, 15) is 8.78 Å². The van der Waals surface area contributed by atoms with E-state index < -0.39 is 6.55 Å². The molecular weight excluding hydrogens is 446 g/mol. The second kappa shape index (κ2) is 9.48. The number of aryl methyl sites for hydroxylation is 1. The zero-order valence-corrected chi connectivity index (χ0v) is 19.0. The summed E-state index contributed by atoms with van der Waals surface area (Å²) in [6, 6.07) is 15.2. The summed E-state index contributed by atoms with van der Waals surface area (Å²) in [5, 5.41) is 9.54. The van der Waals surface area contributed by atoms with Crippen molar-refractivity contribution in [1.29, 1.82) is 0 Å². The SMILES string of the molecule is CCc1cccc(-n2c(SCc3nc4ccccc4n3C(F)F)nnc2N2CCOCC2)c1. The average Bonchev–Trinajstić information content (AvgIpc) is 3.44. The third-order valence-corrected chi connectivity index (χ3v) is 6.61. The van der Waals surface area contributed by atoms with Gasteiger partial charge in [0.2, 0.25) is 5.95 Å². The predicted molar refractivity (Wildman–Crippen MR) is 124 cm³/mol. The van der Waals surface area contributed by atoms with Gasteiger partial charge in [-0.15, -0.1) is 10.2 Å². The predicted octanol–water partition coefficient (Wildman–Crippen LogP) is 4.70. The van der Waals surface area contributed by atoms with E-state index in [0.717, 1.165) is 35.7 Å². The van der Waals surface area contributed by atoms with Gasteiger partial charge in [0.25, 0.3) is 0 Å². The highest BCUT2D eigenvalue weighted by Crippen LogP contribution is 2.32. The zero-order valence-electron chi connectivity index (χ0n) is 18.2. The van der Waals surface area contributed by atoms with Crippen molar-refractivity contribution >= 4 is 28.7 Å². The molecule has 0 N–H and O–H groups in total. The van der Waals surface area contributed by atoms with Gasteiger partial charge in [-0.1, -0.05) is 43.0 Å². The number of rotatable bonds is 7. The number of alkyl halides is 2. The number of ether oxygens (including phenoxy) is 1. The van der Waals surface area contributed by atoms with Gasteiger partial charge in [0.05, 0.1) is 35.7 Å². The molecule has 3 heterocycles. The Hall–Kier alpha value is -2.98. The van der Waals surface area contributed by atoms with Gasteiger partial charge in [0.1, 0.15) is 5.82 Å². The standard InChI is InChI=1S/C23H24F2N6OS/c1-2-16-6-5-7-17(14-16)30-22(29-10-12-32-13-11-29)27-28-23(30)33-15-20-26-18-8-3-4-9-19(18)31(20)21(24)25/h3-9,14,21H,2,10-13,15H2,1H3. The first-order chi connectivity index (χ1) is 16.2. The van der Waals surface area contributed by atoms with Crippen LogP contribution in [-0.4, -0.2) is 50.6 Å². The summed E-state index contributed by atoms with van der Waals surface area (Å²) in [5.74, 6) is 1.28. The van der Waals surface area contributed by atoms with Crippen molar-refractivity contribution < 1.29 is 13.5 Å². The highest BCUT2D eigenvalue weighted by Gasteiger charge is 2.23. The molecule has 4 aromatic rings. The largest absolute Gasteiger partial charge is 0.378 e. The van der Waals surface area contributed by atoms with E-state index in [1.807, 2.05) is 16.7 Å². The quantitative estimate of drug-likeness (QED) is 0.365. The molecule has 172 valence electrons. The number of halogens is 2. The van der Waals surface area contributed by atoms with Crippen LogP contribution in [-0.2, 0) is 16.9 Å². The van der Waals surface area contributed by atoms with Gasteiger partial charge in [-0.3, -0.25) is 9.13 Å². The summed E-state index contributed by atoms with van der Waals surface area (Å²) in [7, 11) is 0. The molecule has 7 nitrogen and oxygen atoms in total. The third kappa shape index (κ3) is 4.32. The molecule has 2 aromatic carbocycles. The molecular formula is C23H24F2N6OS. The van der Waals surface area contributed by atoms with Crippen LogP contribution in [0.4, 0.5) is 14.7 Å². The van der Waals surface area contributed by atoms with E-state index in [2.05, 4.69) is 39.1 Å². The van der Waals surface area contributed by atoms with Crippen molar-refractivity contribution in [1.82, 2.24) is 24.3 Å². The molecule has 10 heteroatoms. The lowest BCUT2D eigenvalue weighted by molar-refractivity contribution is 0.0722. The number of fused-ring (bicyclic) bond motifs is 1. The molecule has 1 aliphatic rings. The number of hydrogen-bond acceptors (Lipinski definition) is 6. The minimum absolute atomic E-state index is 0.244. The van der Waals surface area contributed by atoms with Crippen molar-refractivity contribution in [2.24, 2.45) is 0 Å². The number of aromatic nitrogens is 5. The van der Waals surface area contributed by atoms with Crippen molar-refractivity contribution in [2.45, 2.75) is 30.8 Å². The first-order valence-electron chi connectivity index (χ1n) is 10.9. The Balaban J connectivity index is 1.51. The molecule has 0 bridgehead atoms. The Morgan fingerprint density at radius 3 is 2.67 bits per heavy atom.